The van der Waals surface area contributed by atoms with Crippen molar-refractivity contribution in [3.05, 3.63) is 29.3 Å². The predicted octanol–water partition coefficient (Wildman–Crippen LogP) is 2.99. The van der Waals surface area contributed by atoms with Gasteiger partial charge in [-0.15, -0.1) is 0 Å². The zero-order valence-corrected chi connectivity index (χ0v) is 18.5. The molecule has 2 fully saturated rings. The van der Waals surface area contributed by atoms with Crippen molar-refractivity contribution in [3.8, 4) is 5.75 Å². The molecule has 0 amide bonds. The molecule has 3 rings (SSSR count). The highest BCUT2D eigenvalue weighted by molar-refractivity contribution is 5.79. The summed E-state index contributed by atoms with van der Waals surface area (Å²) in [5, 5.41) is 3.62. The second-order valence-electron chi connectivity index (χ2n) is 8.44. The second-order valence-corrected chi connectivity index (χ2v) is 8.44. The highest BCUT2D eigenvalue weighted by Gasteiger charge is 2.37. The van der Waals surface area contributed by atoms with Crippen LogP contribution in [0.15, 0.2) is 23.2 Å². The van der Waals surface area contributed by atoms with Gasteiger partial charge in [-0.2, -0.15) is 0 Å². The maximum absolute atomic E-state index is 5.79. The molecule has 1 aliphatic carbocycles. The number of hydrogen-bond donors (Lipinski definition) is 1. The van der Waals surface area contributed by atoms with Crippen LogP contribution >= 0.6 is 0 Å². The molecule has 0 atom stereocenters. The van der Waals surface area contributed by atoms with E-state index in [1.165, 1.54) is 24.0 Å². The zero-order chi connectivity index (χ0) is 20.7. The van der Waals surface area contributed by atoms with E-state index in [-0.39, 0.29) is 5.41 Å². The molecule has 1 aliphatic heterocycles. The molecular formula is C23H37N3O3. The summed E-state index contributed by atoms with van der Waals surface area (Å²) in [6, 6.07) is 6.46. The number of aryl methyl sites for hydroxylation is 1. The van der Waals surface area contributed by atoms with Gasteiger partial charge in [0.1, 0.15) is 5.75 Å². The lowest BCUT2D eigenvalue weighted by molar-refractivity contribution is 0.0502. The van der Waals surface area contributed by atoms with Gasteiger partial charge in [0.05, 0.1) is 13.7 Å². The first-order valence-corrected chi connectivity index (χ1v) is 10.8. The minimum absolute atomic E-state index is 0.0329. The van der Waals surface area contributed by atoms with Crippen molar-refractivity contribution in [1.82, 2.24) is 10.2 Å². The Morgan fingerprint density at radius 3 is 2.72 bits per heavy atom. The first kappa shape index (κ1) is 21.9. The first-order chi connectivity index (χ1) is 14.1. The molecule has 162 valence electrons. The topological polar surface area (TPSA) is 55.3 Å². The van der Waals surface area contributed by atoms with Gasteiger partial charge in [0, 0.05) is 58.0 Å². The largest absolute Gasteiger partial charge is 0.496 e. The van der Waals surface area contributed by atoms with E-state index in [1.807, 2.05) is 7.05 Å². The molecule has 29 heavy (non-hydrogen) atoms. The Labute approximate surface area is 175 Å². The maximum atomic E-state index is 5.79. The van der Waals surface area contributed by atoms with Crippen molar-refractivity contribution in [2.45, 2.75) is 38.0 Å². The van der Waals surface area contributed by atoms with Crippen LogP contribution < -0.4 is 10.1 Å². The maximum Gasteiger partial charge on any atom is 0.193 e. The molecule has 1 aromatic rings. The zero-order valence-electron chi connectivity index (χ0n) is 18.5. The fraction of sp³-hybridized carbons (Fsp3) is 0.696. The Morgan fingerprint density at radius 1 is 1.31 bits per heavy atom. The van der Waals surface area contributed by atoms with Gasteiger partial charge >= 0.3 is 0 Å². The van der Waals surface area contributed by atoms with Crippen LogP contribution in [0.4, 0.5) is 0 Å². The lowest BCUT2D eigenvalue weighted by Gasteiger charge is -2.39. The molecule has 1 aromatic carbocycles. The third kappa shape index (κ3) is 5.86. The Morgan fingerprint density at radius 2 is 2.07 bits per heavy atom. The summed E-state index contributed by atoms with van der Waals surface area (Å²) in [6.07, 6.45) is 4.58. The van der Waals surface area contributed by atoms with Crippen molar-refractivity contribution >= 4 is 5.96 Å². The third-order valence-corrected chi connectivity index (χ3v) is 6.16. The quantitative estimate of drug-likeness (QED) is 0.390. The lowest BCUT2D eigenvalue weighted by Crippen LogP contribution is -2.49. The SMILES string of the molecule is CN=C(NCC1(c2cc(C)ccc2OC)CCOCC1)N(C)CCOCC1CC1. The van der Waals surface area contributed by atoms with Crippen LogP contribution in [0.5, 0.6) is 5.75 Å². The Hall–Kier alpha value is -1.79. The molecule has 2 aliphatic rings. The standard InChI is InChI=1S/C23H37N3O3/c1-18-5-8-21(27-4)20(15-18)23(9-12-28-13-10-23)17-25-22(24-2)26(3)11-14-29-16-19-6-7-19/h5,8,15,19H,6-7,9-14,16-17H2,1-4H3,(H,24,25). The van der Waals surface area contributed by atoms with E-state index in [4.69, 9.17) is 14.2 Å². The molecule has 0 bridgehead atoms. The Balaban J connectivity index is 1.65. The van der Waals surface area contributed by atoms with Gasteiger partial charge in [-0.3, -0.25) is 4.99 Å². The molecule has 0 unspecified atom stereocenters. The number of benzene rings is 1. The summed E-state index contributed by atoms with van der Waals surface area (Å²) in [6.45, 7) is 6.93. The van der Waals surface area contributed by atoms with Crippen LogP contribution in [0.1, 0.15) is 36.8 Å². The van der Waals surface area contributed by atoms with Gasteiger partial charge in [-0.25, -0.2) is 0 Å². The average molecular weight is 404 g/mol. The minimum atomic E-state index is -0.0329. The number of nitrogens with zero attached hydrogens (tertiary/aromatic N) is 2. The summed E-state index contributed by atoms with van der Waals surface area (Å²) in [5.41, 5.74) is 2.48. The Bertz CT molecular complexity index is 682. The van der Waals surface area contributed by atoms with Crippen molar-refractivity contribution in [3.63, 3.8) is 0 Å². The number of aliphatic imine (C=N–C) groups is 1. The van der Waals surface area contributed by atoms with Crippen molar-refractivity contribution < 1.29 is 14.2 Å². The van der Waals surface area contributed by atoms with Gasteiger partial charge in [-0.05, 0) is 44.6 Å². The van der Waals surface area contributed by atoms with Crippen LogP contribution in [0.2, 0.25) is 0 Å². The molecule has 1 N–H and O–H groups in total. The van der Waals surface area contributed by atoms with Crippen LogP contribution in [-0.4, -0.2) is 71.6 Å². The summed E-state index contributed by atoms with van der Waals surface area (Å²) >= 11 is 0. The van der Waals surface area contributed by atoms with E-state index >= 15 is 0 Å². The summed E-state index contributed by atoms with van der Waals surface area (Å²) in [5.74, 6) is 2.66. The second kappa shape index (κ2) is 10.3. The fourth-order valence-corrected chi connectivity index (χ4v) is 4.01. The molecule has 1 heterocycles. The van der Waals surface area contributed by atoms with Crippen molar-refractivity contribution in [1.29, 1.82) is 0 Å². The Kier molecular flexibility index (Phi) is 7.78. The molecule has 0 aromatic heterocycles. The number of rotatable bonds is 9. The third-order valence-electron chi connectivity index (χ3n) is 6.16. The lowest BCUT2D eigenvalue weighted by atomic mass is 9.73. The van der Waals surface area contributed by atoms with Gasteiger partial charge in [0.15, 0.2) is 5.96 Å². The minimum Gasteiger partial charge on any atom is -0.496 e. The van der Waals surface area contributed by atoms with E-state index in [1.54, 1.807) is 7.11 Å². The van der Waals surface area contributed by atoms with Crippen molar-refractivity contribution in [2.24, 2.45) is 10.9 Å². The number of guanidine groups is 1. The highest BCUT2D eigenvalue weighted by atomic mass is 16.5. The van der Waals surface area contributed by atoms with Crippen LogP contribution in [0.3, 0.4) is 0 Å². The normalized spacial score (nSPS) is 19.1. The van der Waals surface area contributed by atoms with Gasteiger partial charge < -0.3 is 24.4 Å². The smallest absolute Gasteiger partial charge is 0.193 e. The van der Waals surface area contributed by atoms with E-state index in [2.05, 4.69) is 47.4 Å². The monoisotopic (exact) mass is 403 g/mol. The molecule has 1 saturated carbocycles. The molecular weight excluding hydrogens is 366 g/mol. The van der Waals surface area contributed by atoms with Crippen LogP contribution in [0.25, 0.3) is 0 Å². The molecule has 0 spiro atoms. The van der Waals surface area contributed by atoms with E-state index in [0.717, 1.165) is 70.0 Å². The molecule has 0 radical (unpaired) electrons. The summed E-state index contributed by atoms with van der Waals surface area (Å²) in [4.78, 5) is 6.64. The van der Waals surface area contributed by atoms with E-state index in [0.29, 0.717) is 0 Å². The highest BCUT2D eigenvalue weighted by Crippen LogP contribution is 2.40. The van der Waals surface area contributed by atoms with Crippen LogP contribution in [-0.2, 0) is 14.9 Å². The molecule has 6 nitrogen and oxygen atoms in total. The number of methoxy groups -OCH3 is 1. The number of hydrogen-bond acceptors (Lipinski definition) is 4. The first-order valence-electron chi connectivity index (χ1n) is 10.8. The molecule has 1 saturated heterocycles. The van der Waals surface area contributed by atoms with Gasteiger partial charge in [0.2, 0.25) is 0 Å². The fourth-order valence-electron chi connectivity index (χ4n) is 4.01. The predicted molar refractivity (Wildman–Crippen MR) is 117 cm³/mol. The number of likely N-dealkylation sites (N-methyl/N-ethyl adjacent to an activating group) is 1. The molecule has 6 heteroatoms. The van der Waals surface area contributed by atoms with Gasteiger partial charge in [-0.1, -0.05) is 17.7 Å². The van der Waals surface area contributed by atoms with Gasteiger partial charge in [0.25, 0.3) is 0 Å². The summed E-state index contributed by atoms with van der Waals surface area (Å²) in [7, 11) is 5.66. The summed E-state index contributed by atoms with van der Waals surface area (Å²) < 4.78 is 17.2. The number of ether oxygens (including phenoxy) is 3. The van der Waals surface area contributed by atoms with E-state index in [9.17, 15) is 0 Å². The van der Waals surface area contributed by atoms with Crippen molar-refractivity contribution in [2.75, 3.05) is 60.7 Å². The number of nitrogens with one attached hydrogen (secondary N) is 1. The van der Waals surface area contributed by atoms with Crippen LogP contribution in [0, 0.1) is 12.8 Å². The van der Waals surface area contributed by atoms with E-state index < -0.39 is 0 Å². The average Bonchev–Trinajstić information content (AvgIpc) is 3.57.